The van der Waals surface area contributed by atoms with Crippen molar-refractivity contribution in [1.82, 2.24) is 9.97 Å². The highest BCUT2D eigenvalue weighted by Crippen LogP contribution is 2.57. The Hall–Kier alpha value is -2.17. The third-order valence-corrected chi connectivity index (χ3v) is 5.46. The first-order valence-corrected chi connectivity index (χ1v) is 10.2. The monoisotopic (exact) mass is 372 g/mol. The molecular weight excluding hydrogens is 339 g/mol. The zero-order valence-corrected chi connectivity index (χ0v) is 17.7. The molecule has 148 valence electrons. The Labute approximate surface area is 163 Å². The van der Waals surface area contributed by atoms with E-state index in [0.29, 0.717) is 6.42 Å². The molecule has 0 spiro atoms. The van der Waals surface area contributed by atoms with Crippen molar-refractivity contribution in [1.29, 1.82) is 0 Å². The van der Waals surface area contributed by atoms with Gasteiger partial charge < -0.3 is 9.80 Å². The van der Waals surface area contributed by atoms with Crippen LogP contribution in [-0.2, 0) is 5.67 Å². The van der Waals surface area contributed by atoms with E-state index in [1.54, 1.807) is 6.33 Å². The number of halogens is 1. The summed E-state index contributed by atoms with van der Waals surface area (Å²) >= 11 is 0. The SMILES string of the molecule is CC.CC.CCC1C2N(C)c3cncnc3N2c2ccccc2C1(F)CC. The normalized spacial score (nSPS) is 24.6. The molecule has 0 saturated carbocycles. The predicted molar refractivity (Wildman–Crippen MR) is 112 cm³/mol. The lowest BCUT2D eigenvalue weighted by Crippen LogP contribution is -2.55. The van der Waals surface area contributed by atoms with E-state index < -0.39 is 5.67 Å². The van der Waals surface area contributed by atoms with Crippen molar-refractivity contribution < 1.29 is 4.39 Å². The van der Waals surface area contributed by atoms with Gasteiger partial charge in [-0.2, -0.15) is 0 Å². The summed E-state index contributed by atoms with van der Waals surface area (Å²) in [6.45, 7) is 12.0. The predicted octanol–water partition coefficient (Wildman–Crippen LogP) is 6.06. The second-order valence-electron chi connectivity index (χ2n) is 6.37. The van der Waals surface area contributed by atoms with Gasteiger partial charge in [-0.15, -0.1) is 0 Å². The highest BCUT2D eigenvalue weighted by atomic mass is 19.1. The van der Waals surface area contributed by atoms with Gasteiger partial charge in [-0.1, -0.05) is 59.7 Å². The maximum absolute atomic E-state index is 16.1. The number of benzene rings is 1. The second-order valence-corrected chi connectivity index (χ2v) is 6.37. The molecule has 4 rings (SSSR count). The molecular formula is C22H33FN4. The molecule has 5 heteroatoms. The van der Waals surface area contributed by atoms with Gasteiger partial charge in [-0.25, -0.2) is 14.4 Å². The molecule has 3 unspecified atom stereocenters. The number of hydrogen-bond donors (Lipinski definition) is 0. The number of nitrogens with zero attached hydrogens (tertiary/aromatic N) is 4. The van der Waals surface area contributed by atoms with Crippen molar-refractivity contribution in [2.45, 2.75) is 66.2 Å². The minimum atomic E-state index is -1.32. The van der Waals surface area contributed by atoms with Crippen LogP contribution in [0.5, 0.6) is 0 Å². The molecule has 27 heavy (non-hydrogen) atoms. The van der Waals surface area contributed by atoms with Gasteiger partial charge in [-0.05, 0) is 18.9 Å². The van der Waals surface area contributed by atoms with Crippen LogP contribution in [0.4, 0.5) is 21.6 Å². The summed E-state index contributed by atoms with van der Waals surface area (Å²) in [6.07, 6.45) is 4.57. The van der Waals surface area contributed by atoms with E-state index in [-0.39, 0.29) is 12.1 Å². The first kappa shape index (κ1) is 21.1. The molecule has 0 aliphatic carbocycles. The zero-order chi connectivity index (χ0) is 20.2. The summed E-state index contributed by atoms with van der Waals surface area (Å²) in [5.41, 5.74) is 1.35. The molecule has 1 aromatic heterocycles. The maximum Gasteiger partial charge on any atom is 0.161 e. The summed E-state index contributed by atoms with van der Waals surface area (Å²) in [4.78, 5) is 13.0. The Morgan fingerprint density at radius 3 is 2.37 bits per heavy atom. The van der Waals surface area contributed by atoms with Crippen molar-refractivity contribution in [2.24, 2.45) is 5.92 Å². The Kier molecular flexibility index (Phi) is 6.79. The van der Waals surface area contributed by atoms with Crippen LogP contribution < -0.4 is 9.80 Å². The molecule has 0 radical (unpaired) electrons. The van der Waals surface area contributed by atoms with Crippen LogP contribution in [0, 0.1) is 5.92 Å². The van der Waals surface area contributed by atoms with Gasteiger partial charge in [0.05, 0.1) is 11.9 Å². The largest absolute Gasteiger partial charge is 0.349 e. The number of rotatable bonds is 2. The van der Waals surface area contributed by atoms with Gasteiger partial charge in [0.15, 0.2) is 5.82 Å². The summed E-state index contributed by atoms with van der Waals surface area (Å²) in [5, 5.41) is 0. The third-order valence-electron chi connectivity index (χ3n) is 5.46. The molecule has 2 aromatic rings. The van der Waals surface area contributed by atoms with Crippen LogP contribution in [0.25, 0.3) is 0 Å². The fraction of sp³-hybridized carbons (Fsp3) is 0.545. The number of hydrogen-bond acceptors (Lipinski definition) is 4. The molecule has 0 N–H and O–H groups in total. The van der Waals surface area contributed by atoms with E-state index in [1.807, 2.05) is 72.1 Å². The molecule has 3 atom stereocenters. The Balaban J connectivity index is 0.000000614. The van der Waals surface area contributed by atoms with E-state index >= 15 is 4.39 Å². The summed E-state index contributed by atoms with van der Waals surface area (Å²) in [7, 11) is 2.01. The van der Waals surface area contributed by atoms with E-state index in [2.05, 4.69) is 26.7 Å². The molecule has 1 aromatic carbocycles. The first-order valence-electron chi connectivity index (χ1n) is 10.2. The lowest BCUT2D eigenvalue weighted by molar-refractivity contribution is 0.0473. The highest BCUT2D eigenvalue weighted by Gasteiger charge is 2.55. The highest BCUT2D eigenvalue weighted by molar-refractivity contribution is 5.82. The molecule has 2 aliphatic heterocycles. The molecule has 0 saturated heterocycles. The lowest BCUT2D eigenvalue weighted by Gasteiger charge is -2.48. The molecule has 0 fully saturated rings. The van der Waals surface area contributed by atoms with E-state index in [9.17, 15) is 0 Å². The number of alkyl halides is 1. The van der Waals surface area contributed by atoms with Crippen LogP contribution in [0.15, 0.2) is 36.8 Å². The maximum atomic E-state index is 16.1. The standard InChI is InChI=1S/C18H21FN4.2C2H6/c1-4-12-17-22(3)15-10-20-11-21-16(15)23(17)14-9-7-6-8-13(14)18(12,19)5-2;2*1-2/h6-12,17H,4-5H2,1-3H3;2*1-2H3. The van der Waals surface area contributed by atoms with Gasteiger partial charge in [0.1, 0.15) is 23.8 Å². The lowest BCUT2D eigenvalue weighted by atomic mass is 9.73. The van der Waals surface area contributed by atoms with Gasteiger partial charge in [0.2, 0.25) is 0 Å². The minimum absolute atomic E-state index is 0.0634. The van der Waals surface area contributed by atoms with Crippen LogP contribution in [0.2, 0.25) is 0 Å². The molecule has 0 bridgehead atoms. The summed E-state index contributed by atoms with van der Waals surface area (Å²) in [5.74, 6) is 0.748. The minimum Gasteiger partial charge on any atom is -0.349 e. The van der Waals surface area contributed by atoms with E-state index in [1.165, 1.54) is 0 Å². The number of aromatic nitrogens is 2. The second kappa shape index (κ2) is 8.68. The smallest absolute Gasteiger partial charge is 0.161 e. The molecule has 2 aliphatic rings. The Morgan fingerprint density at radius 2 is 1.74 bits per heavy atom. The van der Waals surface area contributed by atoms with Gasteiger partial charge in [-0.3, -0.25) is 0 Å². The average molecular weight is 373 g/mol. The van der Waals surface area contributed by atoms with Crippen molar-refractivity contribution in [3.63, 3.8) is 0 Å². The van der Waals surface area contributed by atoms with Crippen molar-refractivity contribution in [3.8, 4) is 0 Å². The number of para-hydroxylation sites is 1. The van der Waals surface area contributed by atoms with Crippen molar-refractivity contribution in [3.05, 3.63) is 42.4 Å². The molecule has 0 amide bonds. The topological polar surface area (TPSA) is 32.3 Å². The van der Waals surface area contributed by atoms with Crippen LogP contribution in [0.3, 0.4) is 0 Å². The fourth-order valence-electron chi connectivity index (χ4n) is 4.36. The van der Waals surface area contributed by atoms with E-state index in [0.717, 1.165) is 29.2 Å². The zero-order valence-electron chi connectivity index (χ0n) is 17.7. The summed E-state index contributed by atoms with van der Waals surface area (Å²) < 4.78 is 16.1. The number of anilines is 3. The number of fused-ring (bicyclic) bond motifs is 5. The average Bonchev–Trinajstić information content (AvgIpc) is 3.04. The molecule has 4 nitrogen and oxygen atoms in total. The molecule has 3 heterocycles. The van der Waals surface area contributed by atoms with E-state index in [4.69, 9.17) is 0 Å². The van der Waals surface area contributed by atoms with Crippen LogP contribution in [-0.4, -0.2) is 23.2 Å². The van der Waals surface area contributed by atoms with Crippen LogP contribution in [0.1, 0.15) is 59.9 Å². The van der Waals surface area contributed by atoms with Crippen molar-refractivity contribution in [2.75, 3.05) is 16.8 Å². The van der Waals surface area contributed by atoms with Gasteiger partial charge in [0, 0.05) is 18.5 Å². The Morgan fingerprint density at radius 1 is 1.07 bits per heavy atom. The van der Waals surface area contributed by atoms with Crippen molar-refractivity contribution >= 4 is 17.2 Å². The quantitative estimate of drug-likeness (QED) is 0.641. The summed E-state index contributed by atoms with van der Waals surface area (Å²) in [6, 6.07) is 7.83. The van der Waals surface area contributed by atoms with Gasteiger partial charge in [0.25, 0.3) is 0 Å². The third kappa shape index (κ3) is 3.07. The Bertz CT molecular complexity index is 751. The first-order chi connectivity index (χ1) is 13.1. The van der Waals surface area contributed by atoms with Gasteiger partial charge >= 0.3 is 0 Å². The fourth-order valence-corrected chi connectivity index (χ4v) is 4.36. The van der Waals surface area contributed by atoms with Crippen LogP contribution >= 0.6 is 0 Å².